The summed E-state index contributed by atoms with van der Waals surface area (Å²) in [6, 6.07) is 4.51. The summed E-state index contributed by atoms with van der Waals surface area (Å²) in [7, 11) is 1.45. The van der Waals surface area contributed by atoms with Gasteiger partial charge < -0.3 is 9.47 Å². The first kappa shape index (κ1) is 19.0. The first-order chi connectivity index (χ1) is 12.9. The number of thiophene rings is 1. The van der Waals surface area contributed by atoms with Gasteiger partial charge in [-0.1, -0.05) is 6.07 Å². The van der Waals surface area contributed by atoms with Gasteiger partial charge in [0.25, 0.3) is 0 Å². The van der Waals surface area contributed by atoms with Crippen LogP contribution >= 0.6 is 11.3 Å². The van der Waals surface area contributed by atoms with Crippen LogP contribution in [0.4, 0.5) is 4.39 Å². The molecule has 1 aromatic carbocycles. The van der Waals surface area contributed by atoms with Crippen molar-refractivity contribution in [3.8, 4) is 0 Å². The number of carbonyl (C=O) groups excluding carboxylic acids is 3. The van der Waals surface area contributed by atoms with Crippen LogP contribution < -0.4 is 0 Å². The number of amides is 1. The standard InChI is InChI=1S/C18H17FN2O5S/c1-3-25-18(24)16-10(15-11(19)5-4-6-13(15)27-16)9-26-17(23)12-7-8-14(22)21(2)20-12/h4-6H,3,7-9H2,1-2H3. The highest BCUT2D eigenvalue weighted by molar-refractivity contribution is 7.21. The molecule has 0 atom stereocenters. The van der Waals surface area contributed by atoms with Crippen molar-refractivity contribution in [2.24, 2.45) is 5.10 Å². The van der Waals surface area contributed by atoms with E-state index in [4.69, 9.17) is 9.47 Å². The molecule has 0 radical (unpaired) electrons. The minimum atomic E-state index is -0.708. The minimum Gasteiger partial charge on any atom is -0.462 e. The first-order valence-electron chi connectivity index (χ1n) is 8.30. The Labute approximate surface area is 158 Å². The van der Waals surface area contributed by atoms with Gasteiger partial charge in [-0.3, -0.25) is 4.79 Å². The van der Waals surface area contributed by atoms with Gasteiger partial charge in [-0.2, -0.15) is 5.10 Å². The third-order valence-electron chi connectivity index (χ3n) is 4.01. The molecule has 0 saturated heterocycles. The summed E-state index contributed by atoms with van der Waals surface area (Å²) in [6.45, 7) is 1.54. The maximum Gasteiger partial charge on any atom is 0.354 e. The van der Waals surface area contributed by atoms with Crippen LogP contribution in [0.25, 0.3) is 10.1 Å². The van der Waals surface area contributed by atoms with Crippen LogP contribution in [0.2, 0.25) is 0 Å². The number of halogens is 1. The molecular weight excluding hydrogens is 375 g/mol. The van der Waals surface area contributed by atoms with Gasteiger partial charge in [0.05, 0.1) is 6.61 Å². The van der Waals surface area contributed by atoms with Crippen molar-refractivity contribution in [3.63, 3.8) is 0 Å². The molecule has 7 nitrogen and oxygen atoms in total. The number of carbonyl (C=O) groups is 3. The Hall–Kier alpha value is -2.81. The normalized spacial score (nSPS) is 14.3. The summed E-state index contributed by atoms with van der Waals surface area (Å²) in [5.41, 5.74) is 0.371. The van der Waals surface area contributed by atoms with Crippen LogP contribution in [0.3, 0.4) is 0 Å². The van der Waals surface area contributed by atoms with E-state index in [-0.39, 0.29) is 53.5 Å². The monoisotopic (exact) mass is 392 g/mol. The molecule has 0 fully saturated rings. The Morgan fingerprint density at radius 1 is 1.26 bits per heavy atom. The highest BCUT2D eigenvalue weighted by Gasteiger charge is 2.26. The van der Waals surface area contributed by atoms with Gasteiger partial charge in [0.15, 0.2) is 0 Å². The Kier molecular flexibility index (Phi) is 5.50. The van der Waals surface area contributed by atoms with E-state index < -0.39 is 17.8 Å². The molecule has 0 unspecified atom stereocenters. The highest BCUT2D eigenvalue weighted by atomic mass is 32.1. The molecule has 9 heteroatoms. The number of hydrogen-bond acceptors (Lipinski definition) is 7. The lowest BCUT2D eigenvalue weighted by Gasteiger charge is -2.18. The molecule has 0 bridgehead atoms. The van der Waals surface area contributed by atoms with Crippen LogP contribution in [-0.2, 0) is 25.7 Å². The van der Waals surface area contributed by atoms with Crippen molar-refractivity contribution in [1.82, 2.24) is 5.01 Å². The fourth-order valence-electron chi connectivity index (χ4n) is 2.70. The molecule has 2 heterocycles. The maximum absolute atomic E-state index is 14.3. The smallest absolute Gasteiger partial charge is 0.354 e. The van der Waals surface area contributed by atoms with Crippen molar-refractivity contribution in [3.05, 3.63) is 34.5 Å². The van der Waals surface area contributed by atoms with E-state index in [0.717, 1.165) is 16.3 Å². The zero-order chi connectivity index (χ0) is 19.6. The predicted molar refractivity (Wildman–Crippen MR) is 97.0 cm³/mol. The molecule has 0 aliphatic carbocycles. The molecule has 2 aromatic rings. The number of rotatable bonds is 5. The fourth-order valence-corrected chi connectivity index (χ4v) is 3.82. The second-order valence-corrected chi connectivity index (χ2v) is 6.84. The van der Waals surface area contributed by atoms with Crippen molar-refractivity contribution in [2.75, 3.05) is 13.7 Å². The van der Waals surface area contributed by atoms with Gasteiger partial charge >= 0.3 is 11.9 Å². The summed E-state index contributed by atoms with van der Waals surface area (Å²) in [5.74, 6) is -2.00. The average molecular weight is 392 g/mol. The summed E-state index contributed by atoms with van der Waals surface area (Å²) < 4.78 is 25.2. The number of hydrogen-bond donors (Lipinski definition) is 0. The molecular formula is C18H17FN2O5S. The fraction of sp³-hybridized carbons (Fsp3) is 0.333. The topological polar surface area (TPSA) is 85.3 Å². The minimum absolute atomic E-state index is 0.106. The van der Waals surface area contributed by atoms with Gasteiger partial charge in [-0.05, 0) is 19.1 Å². The van der Waals surface area contributed by atoms with E-state index in [1.165, 1.54) is 13.1 Å². The van der Waals surface area contributed by atoms with Crippen LogP contribution in [0.5, 0.6) is 0 Å². The van der Waals surface area contributed by atoms with Crippen LogP contribution in [0.1, 0.15) is 35.0 Å². The van der Waals surface area contributed by atoms with Crippen molar-refractivity contribution < 1.29 is 28.2 Å². The van der Waals surface area contributed by atoms with Gasteiger partial charge in [0.1, 0.15) is 23.0 Å². The van der Waals surface area contributed by atoms with Crippen molar-refractivity contribution in [2.45, 2.75) is 26.4 Å². The van der Waals surface area contributed by atoms with Crippen molar-refractivity contribution in [1.29, 1.82) is 0 Å². The highest BCUT2D eigenvalue weighted by Crippen LogP contribution is 2.34. The van der Waals surface area contributed by atoms with Gasteiger partial charge in [-0.15, -0.1) is 11.3 Å². The zero-order valence-corrected chi connectivity index (χ0v) is 15.6. The maximum atomic E-state index is 14.3. The van der Waals surface area contributed by atoms with E-state index in [1.54, 1.807) is 19.1 Å². The molecule has 142 valence electrons. The zero-order valence-electron chi connectivity index (χ0n) is 14.8. The molecule has 3 rings (SSSR count). The molecule has 1 aromatic heterocycles. The number of hydrazone groups is 1. The van der Waals surface area contributed by atoms with Gasteiger partial charge in [-0.25, -0.2) is 19.0 Å². The summed E-state index contributed by atoms with van der Waals surface area (Å²) >= 11 is 1.09. The molecule has 27 heavy (non-hydrogen) atoms. The third-order valence-corrected chi connectivity index (χ3v) is 5.19. The van der Waals surface area contributed by atoms with Crippen molar-refractivity contribution >= 4 is 45.0 Å². The second-order valence-electron chi connectivity index (χ2n) is 5.78. The summed E-state index contributed by atoms with van der Waals surface area (Å²) in [4.78, 5) is 36.1. The van der Waals surface area contributed by atoms with E-state index in [1.807, 2.05) is 0 Å². The largest absolute Gasteiger partial charge is 0.462 e. The van der Waals surface area contributed by atoms with E-state index >= 15 is 0 Å². The first-order valence-corrected chi connectivity index (χ1v) is 9.12. The Bertz CT molecular complexity index is 953. The average Bonchev–Trinajstić information content (AvgIpc) is 3.02. The van der Waals surface area contributed by atoms with Gasteiger partial charge in [0.2, 0.25) is 5.91 Å². The molecule has 0 spiro atoms. The number of fused-ring (bicyclic) bond motifs is 1. The lowest BCUT2D eigenvalue weighted by molar-refractivity contribution is -0.137. The number of nitrogens with zero attached hydrogens (tertiary/aromatic N) is 2. The Balaban J connectivity index is 1.88. The second kappa shape index (κ2) is 7.83. The molecule has 0 saturated carbocycles. The quantitative estimate of drug-likeness (QED) is 0.731. The lowest BCUT2D eigenvalue weighted by Crippen LogP contribution is -2.32. The molecule has 1 aliphatic heterocycles. The van der Waals surface area contributed by atoms with Gasteiger partial charge in [0, 0.05) is 35.5 Å². The van der Waals surface area contributed by atoms with Crippen LogP contribution in [0, 0.1) is 5.82 Å². The van der Waals surface area contributed by atoms with E-state index in [0.29, 0.717) is 4.70 Å². The number of ether oxygens (including phenoxy) is 2. The Morgan fingerprint density at radius 3 is 2.74 bits per heavy atom. The van der Waals surface area contributed by atoms with Crippen LogP contribution in [-0.4, -0.2) is 42.2 Å². The molecule has 0 N–H and O–H groups in total. The van der Waals surface area contributed by atoms with E-state index in [9.17, 15) is 18.8 Å². The van der Waals surface area contributed by atoms with E-state index in [2.05, 4.69) is 5.10 Å². The lowest BCUT2D eigenvalue weighted by atomic mass is 10.1. The number of benzene rings is 1. The SMILES string of the molecule is CCOC(=O)c1sc2cccc(F)c2c1COC(=O)C1=NN(C)C(=O)CC1. The predicted octanol–water partition coefficient (Wildman–Crippen LogP) is 2.87. The third kappa shape index (κ3) is 3.82. The molecule has 1 amide bonds. The molecule has 1 aliphatic rings. The number of esters is 2. The summed E-state index contributed by atoms with van der Waals surface area (Å²) in [6.07, 6.45) is 0.333. The Morgan fingerprint density at radius 2 is 2.04 bits per heavy atom. The van der Waals surface area contributed by atoms with Crippen LogP contribution in [0.15, 0.2) is 23.3 Å². The summed E-state index contributed by atoms with van der Waals surface area (Å²) in [5, 5.41) is 5.21.